The molecule has 0 unspecified atom stereocenters. The second-order valence-corrected chi connectivity index (χ2v) is 7.11. The molecule has 0 bridgehead atoms. The molecule has 0 spiro atoms. The number of hydrogen-bond donors (Lipinski definition) is 0. The molecule has 1 aliphatic rings. The lowest BCUT2D eigenvalue weighted by molar-refractivity contribution is 0.0627. The van der Waals surface area contributed by atoms with Crippen LogP contribution < -0.4 is 14.2 Å². The fourth-order valence-electron chi connectivity index (χ4n) is 3.70. The zero-order chi connectivity index (χ0) is 20.8. The summed E-state index contributed by atoms with van der Waals surface area (Å²) in [5.41, 5.74) is 3.05. The first-order valence-corrected chi connectivity index (χ1v) is 9.99. The Morgan fingerprint density at radius 1 is 0.862 bits per heavy atom. The van der Waals surface area contributed by atoms with Gasteiger partial charge in [-0.3, -0.25) is 9.69 Å². The van der Waals surface area contributed by atoms with Crippen LogP contribution in [-0.2, 0) is 13.0 Å². The van der Waals surface area contributed by atoms with E-state index < -0.39 is 0 Å². The molecule has 0 radical (unpaired) electrons. The van der Waals surface area contributed by atoms with Gasteiger partial charge in [0.15, 0.2) is 11.5 Å². The summed E-state index contributed by atoms with van der Waals surface area (Å²) in [6, 6.07) is 11.8. The quantitative estimate of drug-likeness (QED) is 0.717. The monoisotopic (exact) mass is 398 g/mol. The highest BCUT2D eigenvalue weighted by Crippen LogP contribution is 2.40. The summed E-state index contributed by atoms with van der Waals surface area (Å²) >= 11 is 0. The van der Waals surface area contributed by atoms with Crippen LogP contribution >= 0.6 is 0 Å². The molecule has 3 rings (SSSR count). The van der Waals surface area contributed by atoms with Gasteiger partial charge in [-0.2, -0.15) is 0 Å². The molecule has 0 N–H and O–H groups in total. The maximum atomic E-state index is 12.8. The van der Waals surface area contributed by atoms with Gasteiger partial charge in [0.2, 0.25) is 5.75 Å². The van der Waals surface area contributed by atoms with Crippen molar-refractivity contribution in [3.63, 3.8) is 0 Å². The second-order valence-electron chi connectivity index (χ2n) is 7.11. The third-order valence-electron chi connectivity index (χ3n) is 5.45. The molecule has 2 aromatic carbocycles. The summed E-state index contributed by atoms with van der Waals surface area (Å²) in [5, 5.41) is 0. The molecule has 1 heterocycles. The molecule has 1 aliphatic heterocycles. The lowest BCUT2D eigenvalue weighted by Gasteiger charge is -2.35. The summed E-state index contributed by atoms with van der Waals surface area (Å²) in [6.07, 6.45) is 0.979. The third-order valence-corrected chi connectivity index (χ3v) is 5.45. The van der Waals surface area contributed by atoms with Gasteiger partial charge < -0.3 is 19.1 Å². The Balaban J connectivity index is 1.63. The largest absolute Gasteiger partial charge is 0.493 e. The molecule has 156 valence electrons. The van der Waals surface area contributed by atoms with Crippen molar-refractivity contribution in [3.8, 4) is 17.2 Å². The van der Waals surface area contributed by atoms with Crippen molar-refractivity contribution in [1.29, 1.82) is 0 Å². The smallest absolute Gasteiger partial charge is 0.253 e. The molecule has 0 aromatic heterocycles. The van der Waals surface area contributed by atoms with Crippen molar-refractivity contribution in [3.05, 3.63) is 53.1 Å². The minimum Gasteiger partial charge on any atom is -0.493 e. The van der Waals surface area contributed by atoms with Crippen molar-refractivity contribution >= 4 is 5.91 Å². The van der Waals surface area contributed by atoms with Crippen LogP contribution in [0.2, 0.25) is 0 Å². The van der Waals surface area contributed by atoms with Crippen LogP contribution in [-0.4, -0.2) is 63.2 Å². The highest BCUT2D eigenvalue weighted by Gasteiger charge is 2.24. The zero-order valence-electron chi connectivity index (χ0n) is 17.7. The molecular weight excluding hydrogens is 368 g/mol. The van der Waals surface area contributed by atoms with Gasteiger partial charge in [0.25, 0.3) is 5.91 Å². The van der Waals surface area contributed by atoms with E-state index in [2.05, 4.69) is 11.8 Å². The predicted molar refractivity (Wildman–Crippen MR) is 113 cm³/mol. The molecule has 0 saturated carbocycles. The van der Waals surface area contributed by atoms with Crippen molar-refractivity contribution in [1.82, 2.24) is 9.80 Å². The minimum absolute atomic E-state index is 0.107. The third kappa shape index (κ3) is 4.65. The van der Waals surface area contributed by atoms with Gasteiger partial charge in [-0.05, 0) is 30.2 Å². The number of aryl methyl sites for hydroxylation is 1. The minimum atomic E-state index is 0.107. The van der Waals surface area contributed by atoms with E-state index in [9.17, 15) is 4.79 Å². The summed E-state index contributed by atoms with van der Waals surface area (Å²) in [6.45, 7) is 5.90. The molecule has 2 aromatic rings. The van der Waals surface area contributed by atoms with Crippen LogP contribution in [0.3, 0.4) is 0 Å². The fraction of sp³-hybridized carbons (Fsp3) is 0.435. The number of hydrogen-bond acceptors (Lipinski definition) is 5. The van der Waals surface area contributed by atoms with Crippen LogP contribution in [0, 0.1) is 0 Å². The van der Waals surface area contributed by atoms with E-state index in [-0.39, 0.29) is 5.91 Å². The first-order chi connectivity index (χ1) is 14.1. The van der Waals surface area contributed by atoms with Crippen LogP contribution in [0.15, 0.2) is 36.4 Å². The van der Waals surface area contributed by atoms with Gasteiger partial charge in [0, 0.05) is 43.9 Å². The van der Waals surface area contributed by atoms with Gasteiger partial charge in [-0.15, -0.1) is 0 Å². The van der Waals surface area contributed by atoms with Gasteiger partial charge >= 0.3 is 0 Å². The van der Waals surface area contributed by atoms with E-state index in [1.807, 2.05) is 41.3 Å². The molecular formula is C23H30N2O4. The van der Waals surface area contributed by atoms with E-state index in [1.165, 1.54) is 5.56 Å². The molecule has 1 saturated heterocycles. The first-order valence-electron chi connectivity index (χ1n) is 9.99. The Morgan fingerprint density at radius 2 is 1.52 bits per heavy atom. The SMILES string of the molecule is CCc1ccc(C(=O)N2CCN(Cc3ccc(OC)c(OC)c3OC)CC2)cc1. The van der Waals surface area contributed by atoms with Crippen LogP contribution in [0.5, 0.6) is 17.2 Å². The number of piperazine rings is 1. The molecule has 1 amide bonds. The summed E-state index contributed by atoms with van der Waals surface area (Å²) in [5.74, 6) is 2.06. The zero-order valence-corrected chi connectivity index (χ0v) is 17.7. The van der Waals surface area contributed by atoms with E-state index in [1.54, 1.807) is 21.3 Å². The van der Waals surface area contributed by atoms with Crippen molar-refractivity contribution in [2.24, 2.45) is 0 Å². The summed E-state index contributed by atoms with van der Waals surface area (Å²) < 4.78 is 16.4. The van der Waals surface area contributed by atoms with Crippen LogP contribution in [0.1, 0.15) is 28.4 Å². The number of carbonyl (C=O) groups is 1. The number of benzene rings is 2. The Bertz CT molecular complexity index is 828. The molecule has 29 heavy (non-hydrogen) atoms. The number of nitrogens with zero attached hydrogens (tertiary/aromatic N) is 2. The highest BCUT2D eigenvalue weighted by atomic mass is 16.5. The molecule has 0 aliphatic carbocycles. The lowest BCUT2D eigenvalue weighted by Crippen LogP contribution is -2.48. The maximum Gasteiger partial charge on any atom is 0.253 e. The lowest BCUT2D eigenvalue weighted by atomic mass is 10.1. The number of amides is 1. The Morgan fingerprint density at radius 3 is 2.07 bits per heavy atom. The van der Waals surface area contributed by atoms with E-state index >= 15 is 0 Å². The van der Waals surface area contributed by atoms with E-state index in [4.69, 9.17) is 14.2 Å². The van der Waals surface area contributed by atoms with Crippen LogP contribution in [0.25, 0.3) is 0 Å². The second kappa shape index (κ2) is 9.65. The summed E-state index contributed by atoms with van der Waals surface area (Å²) in [7, 11) is 4.87. The average molecular weight is 399 g/mol. The van der Waals surface area contributed by atoms with Gasteiger partial charge in [0.05, 0.1) is 21.3 Å². The highest BCUT2D eigenvalue weighted by molar-refractivity contribution is 5.94. The molecule has 0 atom stereocenters. The van der Waals surface area contributed by atoms with E-state index in [0.717, 1.165) is 37.2 Å². The number of carbonyl (C=O) groups excluding carboxylic acids is 1. The predicted octanol–water partition coefficient (Wildman–Crippen LogP) is 3.23. The summed E-state index contributed by atoms with van der Waals surface area (Å²) in [4.78, 5) is 17.0. The Labute approximate surface area is 173 Å². The number of rotatable bonds is 7. The first kappa shape index (κ1) is 21.0. The van der Waals surface area contributed by atoms with Crippen molar-refractivity contribution < 1.29 is 19.0 Å². The molecule has 6 nitrogen and oxygen atoms in total. The normalized spacial score (nSPS) is 14.6. The van der Waals surface area contributed by atoms with E-state index in [0.29, 0.717) is 30.3 Å². The Hall–Kier alpha value is -2.73. The standard InChI is InChI=1S/C23H30N2O4/c1-5-17-6-8-18(9-7-17)23(26)25-14-12-24(13-15-25)16-19-10-11-20(27-2)22(29-4)21(19)28-3/h6-11H,5,12-16H2,1-4H3. The van der Waals surface area contributed by atoms with Crippen molar-refractivity contribution in [2.75, 3.05) is 47.5 Å². The topological polar surface area (TPSA) is 51.2 Å². The van der Waals surface area contributed by atoms with Gasteiger partial charge in [0.1, 0.15) is 0 Å². The average Bonchev–Trinajstić information content (AvgIpc) is 2.78. The Kier molecular flexibility index (Phi) is 6.99. The van der Waals surface area contributed by atoms with Gasteiger partial charge in [-0.1, -0.05) is 25.1 Å². The van der Waals surface area contributed by atoms with Crippen molar-refractivity contribution in [2.45, 2.75) is 19.9 Å². The van der Waals surface area contributed by atoms with Gasteiger partial charge in [-0.25, -0.2) is 0 Å². The van der Waals surface area contributed by atoms with Crippen LogP contribution in [0.4, 0.5) is 0 Å². The molecule has 6 heteroatoms. The number of methoxy groups -OCH3 is 3. The number of ether oxygens (including phenoxy) is 3. The fourth-order valence-corrected chi connectivity index (χ4v) is 3.70. The maximum absolute atomic E-state index is 12.8. The molecule has 1 fully saturated rings.